The van der Waals surface area contributed by atoms with Gasteiger partial charge < -0.3 is 20.1 Å². The van der Waals surface area contributed by atoms with E-state index in [1.54, 1.807) is 7.11 Å². The summed E-state index contributed by atoms with van der Waals surface area (Å²) < 4.78 is 5.09. The maximum absolute atomic E-state index is 12.3. The lowest BCUT2D eigenvalue weighted by Crippen LogP contribution is -2.48. The molecule has 1 aromatic carbocycles. The zero-order valence-corrected chi connectivity index (χ0v) is 14.2. The topological polar surface area (TPSA) is 61.8 Å². The van der Waals surface area contributed by atoms with Crippen LogP contribution in [0.4, 0.5) is 4.79 Å². The second-order valence-corrected chi connectivity index (χ2v) is 6.41. The molecule has 2 N–H and O–H groups in total. The number of likely N-dealkylation sites (tertiary alicyclic amines) is 1. The third-order valence-corrected chi connectivity index (χ3v) is 4.97. The lowest BCUT2D eigenvalue weighted by atomic mass is 9.77. The Morgan fingerprint density at radius 3 is 2.39 bits per heavy atom. The first-order valence-electron chi connectivity index (χ1n) is 8.33. The van der Waals surface area contributed by atoms with Crippen molar-refractivity contribution in [2.75, 3.05) is 26.8 Å². The van der Waals surface area contributed by atoms with E-state index < -0.39 is 0 Å². The number of carbonyl (C=O) groups is 1. The van der Waals surface area contributed by atoms with Crippen molar-refractivity contribution in [3.8, 4) is 0 Å². The molecule has 0 aliphatic carbocycles. The number of amides is 2. The molecule has 1 aromatic rings. The highest BCUT2D eigenvalue weighted by Gasteiger charge is 2.33. The fraction of sp³-hybridized carbons (Fsp3) is 0.611. The number of rotatable bonds is 6. The van der Waals surface area contributed by atoms with Crippen LogP contribution < -0.4 is 5.32 Å². The number of piperidine rings is 1. The zero-order valence-electron chi connectivity index (χ0n) is 14.2. The van der Waals surface area contributed by atoms with Crippen molar-refractivity contribution in [1.29, 1.82) is 0 Å². The SMILES string of the molecule is CCC1(CO)CCN(C(=O)NCc2ccc(COC)cc2)CC1. The van der Waals surface area contributed by atoms with Crippen LogP contribution in [0.2, 0.25) is 0 Å². The highest BCUT2D eigenvalue weighted by Crippen LogP contribution is 2.34. The fourth-order valence-corrected chi connectivity index (χ4v) is 3.02. The standard InChI is InChI=1S/C18H28N2O3/c1-3-18(14-21)8-10-20(11-9-18)17(22)19-12-15-4-6-16(7-5-15)13-23-2/h4-7,21H,3,8-14H2,1-2H3,(H,19,22). The van der Waals surface area contributed by atoms with Crippen LogP contribution in [0, 0.1) is 5.41 Å². The van der Waals surface area contributed by atoms with Gasteiger partial charge in [-0.2, -0.15) is 0 Å². The predicted molar refractivity (Wildman–Crippen MR) is 90.0 cm³/mol. The molecule has 5 heteroatoms. The van der Waals surface area contributed by atoms with Gasteiger partial charge in [0.15, 0.2) is 0 Å². The Morgan fingerprint density at radius 2 is 1.87 bits per heavy atom. The van der Waals surface area contributed by atoms with E-state index in [1.165, 1.54) is 0 Å². The van der Waals surface area contributed by atoms with Crippen molar-refractivity contribution >= 4 is 6.03 Å². The van der Waals surface area contributed by atoms with Gasteiger partial charge >= 0.3 is 6.03 Å². The summed E-state index contributed by atoms with van der Waals surface area (Å²) in [7, 11) is 1.68. The van der Waals surface area contributed by atoms with Crippen molar-refractivity contribution < 1.29 is 14.6 Å². The van der Waals surface area contributed by atoms with Gasteiger partial charge in [0, 0.05) is 33.4 Å². The van der Waals surface area contributed by atoms with Gasteiger partial charge in [-0.3, -0.25) is 0 Å². The van der Waals surface area contributed by atoms with Gasteiger partial charge in [-0.25, -0.2) is 4.79 Å². The molecule has 128 valence electrons. The molecule has 0 atom stereocenters. The average molecular weight is 320 g/mol. The molecule has 0 saturated carbocycles. The second kappa shape index (κ2) is 8.31. The van der Waals surface area contributed by atoms with Crippen molar-refractivity contribution in [2.24, 2.45) is 5.41 Å². The highest BCUT2D eigenvalue weighted by molar-refractivity contribution is 5.74. The Bertz CT molecular complexity index is 487. The summed E-state index contributed by atoms with van der Waals surface area (Å²) in [6.45, 7) is 4.89. The molecule has 1 aliphatic rings. The Hall–Kier alpha value is -1.59. The minimum Gasteiger partial charge on any atom is -0.396 e. The predicted octanol–water partition coefficient (Wildman–Crippen LogP) is 2.53. The summed E-state index contributed by atoms with van der Waals surface area (Å²) >= 11 is 0. The summed E-state index contributed by atoms with van der Waals surface area (Å²) in [5.41, 5.74) is 2.21. The van der Waals surface area contributed by atoms with E-state index in [4.69, 9.17) is 4.74 Å². The molecule has 0 aromatic heterocycles. The first-order valence-corrected chi connectivity index (χ1v) is 8.33. The molecule has 1 aliphatic heterocycles. The molecule has 5 nitrogen and oxygen atoms in total. The molecule has 1 fully saturated rings. The van der Waals surface area contributed by atoms with Gasteiger partial charge in [-0.15, -0.1) is 0 Å². The molecule has 0 unspecified atom stereocenters. The van der Waals surface area contributed by atoms with Crippen molar-refractivity contribution in [3.63, 3.8) is 0 Å². The van der Waals surface area contributed by atoms with Crippen LogP contribution in [0.3, 0.4) is 0 Å². The van der Waals surface area contributed by atoms with Gasteiger partial charge in [0.05, 0.1) is 6.61 Å². The van der Waals surface area contributed by atoms with Crippen LogP contribution >= 0.6 is 0 Å². The number of nitrogens with one attached hydrogen (secondary N) is 1. The van der Waals surface area contributed by atoms with Gasteiger partial charge in [0.1, 0.15) is 0 Å². The largest absolute Gasteiger partial charge is 0.396 e. The summed E-state index contributed by atoms with van der Waals surface area (Å²) in [5.74, 6) is 0. The van der Waals surface area contributed by atoms with Crippen molar-refractivity contribution in [2.45, 2.75) is 39.3 Å². The number of hydrogen-bond acceptors (Lipinski definition) is 3. The number of benzene rings is 1. The molecular formula is C18H28N2O3. The lowest BCUT2D eigenvalue weighted by molar-refractivity contribution is 0.0519. The van der Waals surface area contributed by atoms with E-state index in [9.17, 15) is 9.90 Å². The lowest BCUT2D eigenvalue weighted by Gasteiger charge is -2.40. The van der Waals surface area contributed by atoms with Gasteiger partial charge in [-0.1, -0.05) is 31.2 Å². The number of carbonyl (C=O) groups excluding carboxylic acids is 1. The van der Waals surface area contributed by atoms with Crippen LogP contribution in [0.25, 0.3) is 0 Å². The van der Waals surface area contributed by atoms with Crippen molar-refractivity contribution in [1.82, 2.24) is 10.2 Å². The van der Waals surface area contributed by atoms with Crippen LogP contribution in [0.5, 0.6) is 0 Å². The van der Waals surface area contributed by atoms with E-state index in [1.807, 2.05) is 29.2 Å². The highest BCUT2D eigenvalue weighted by atomic mass is 16.5. The monoisotopic (exact) mass is 320 g/mol. The molecule has 0 radical (unpaired) electrons. The Kier molecular flexibility index (Phi) is 6.42. The molecule has 0 bridgehead atoms. The number of urea groups is 1. The van der Waals surface area contributed by atoms with E-state index >= 15 is 0 Å². The minimum absolute atomic E-state index is 0.00790. The maximum atomic E-state index is 12.3. The van der Waals surface area contributed by atoms with Crippen LogP contribution in [-0.4, -0.2) is 42.8 Å². The Morgan fingerprint density at radius 1 is 1.26 bits per heavy atom. The van der Waals surface area contributed by atoms with E-state index in [-0.39, 0.29) is 18.1 Å². The third kappa shape index (κ3) is 4.69. The maximum Gasteiger partial charge on any atom is 0.317 e. The first-order chi connectivity index (χ1) is 11.1. The smallest absolute Gasteiger partial charge is 0.317 e. The van der Waals surface area contributed by atoms with Crippen LogP contribution in [-0.2, 0) is 17.9 Å². The van der Waals surface area contributed by atoms with E-state index in [2.05, 4.69) is 12.2 Å². The number of aliphatic hydroxyl groups is 1. The molecule has 2 amide bonds. The minimum atomic E-state index is -0.0198. The van der Waals surface area contributed by atoms with Gasteiger partial charge in [-0.05, 0) is 35.8 Å². The Labute approximate surface area is 138 Å². The second-order valence-electron chi connectivity index (χ2n) is 6.41. The van der Waals surface area contributed by atoms with Gasteiger partial charge in [0.2, 0.25) is 0 Å². The van der Waals surface area contributed by atoms with Crippen LogP contribution in [0.1, 0.15) is 37.3 Å². The zero-order chi connectivity index (χ0) is 16.7. The number of aliphatic hydroxyl groups excluding tert-OH is 1. The van der Waals surface area contributed by atoms with E-state index in [0.29, 0.717) is 26.2 Å². The number of methoxy groups -OCH3 is 1. The van der Waals surface area contributed by atoms with E-state index in [0.717, 1.165) is 30.4 Å². The average Bonchev–Trinajstić information content (AvgIpc) is 2.61. The molecule has 0 spiro atoms. The third-order valence-electron chi connectivity index (χ3n) is 4.97. The van der Waals surface area contributed by atoms with Crippen LogP contribution in [0.15, 0.2) is 24.3 Å². The Balaban J connectivity index is 1.79. The summed E-state index contributed by atoms with van der Waals surface area (Å²) in [6.07, 6.45) is 2.71. The number of ether oxygens (including phenoxy) is 1. The number of hydrogen-bond donors (Lipinski definition) is 2. The normalized spacial score (nSPS) is 17.1. The molecule has 23 heavy (non-hydrogen) atoms. The van der Waals surface area contributed by atoms with Gasteiger partial charge in [0.25, 0.3) is 0 Å². The summed E-state index contributed by atoms with van der Waals surface area (Å²) in [6, 6.07) is 8.04. The first kappa shape index (κ1) is 17.8. The van der Waals surface area contributed by atoms with Crippen molar-refractivity contribution in [3.05, 3.63) is 35.4 Å². The molecular weight excluding hydrogens is 292 g/mol. The fourth-order valence-electron chi connectivity index (χ4n) is 3.02. The summed E-state index contributed by atoms with van der Waals surface area (Å²) in [4.78, 5) is 14.1. The quantitative estimate of drug-likeness (QED) is 0.847. The molecule has 2 rings (SSSR count). The number of nitrogens with zero attached hydrogens (tertiary/aromatic N) is 1. The summed E-state index contributed by atoms with van der Waals surface area (Å²) in [5, 5.41) is 12.5. The molecule has 1 heterocycles. The molecule has 1 saturated heterocycles.